The van der Waals surface area contributed by atoms with Crippen molar-refractivity contribution < 1.29 is 24.2 Å². The Balaban J connectivity index is 1.30. The van der Waals surface area contributed by atoms with E-state index in [1.165, 1.54) is 0 Å². The smallest absolute Gasteiger partial charge is 0.407 e. The fourth-order valence-corrected chi connectivity index (χ4v) is 4.70. The van der Waals surface area contributed by atoms with Gasteiger partial charge in [0.2, 0.25) is 5.91 Å². The molecule has 7 heteroatoms. The van der Waals surface area contributed by atoms with Crippen molar-refractivity contribution in [2.45, 2.75) is 50.6 Å². The summed E-state index contributed by atoms with van der Waals surface area (Å²) in [4.78, 5) is 35.7. The van der Waals surface area contributed by atoms with Crippen molar-refractivity contribution in [1.29, 1.82) is 0 Å². The molecule has 32 heavy (non-hydrogen) atoms. The second kappa shape index (κ2) is 9.42. The first kappa shape index (κ1) is 21.9. The molecule has 4 rings (SSSR count). The molecule has 2 aromatic rings. The van der Waals surface area contributed by atoms with Crippen LogP contribution in [0.25, 0.3) is 11.1 Å². The van der Waals surface area contributed by atoms with Crippen LogP contribution in [0.5, 0.6) is 0 Å². The third-order valence-electron chi connectivity index (χ3n) is 6.41. The summed E-state index contributed by atoms with van der Waals surface area (Å²) in [5, 5.41) is 14.4. The van der Waals surface area contributed by atoms with E-state index in [0.29, 0.717) is 19.3 Å². The Hall–Kier alpha value is -3.35. The predicted molar refractivity (Wildman–Crippen MR) is 119 cm³/mol. The summed E-state index contributed by atoms with van der Waals surface area (Å²) in [6.07, 6.45) is 1.24. The van der Waals surface area contributed by atoms with Crippen molar-refractivity contribution in [2.75, 3.05) is 6.61 Å². The molecule has 0 spiro atoms. The van der Waals surface area contributed by atoms with E-state index in [9.17, 15) is 14.4 Å². The van der Waals surface area contributed by atoms with Gasteiger partial charge in [-0.1, -0.05) is 55.5 Å². The quantitative estimate of drug-likeness (QED) is 0.586. The Bertz CT molecular complexity index is 969. The van der Waals surface area contributed by atoms with Crippen LogP contribution in [0.15, 0.2) is 48.5 Å². The van der Waals surface area contributed by atoms with E-state index in [1.54, 1.807) is 0 Å². The van der Waals surface area contributed by atoms with Crippen LogP contribution < -0.4 is 10.6 Å². The Morgan fingerprint density at radius 1 is 1.03 bits per heavy atom. The Morgan fingerprint density at radius 3 is 2.19 bits per heavy atom. The number of carbonyl (C=O) groups excluding carboxylic acids is 2. The molecule has 0 aromatic heterocycles. The zero-order valence-corrected chi connectivity index (χ0v) is 18.0. The van der Waals surface area contributed by atoms with E-state index in [0.717, 1.165) is 22.3 Å². The molecule has 1 saturated carbocycles. The zero-order chi connectivity index (χ0) is 22.7. The SMILES string of the molecule is CC[C@@H](NC(=O)OCC1c2ccccc2-c2ccccc21)C(=O)NC1CC(CC(=O)O)C1. The number of ether oxygens (including phenoxy) is 1. The molecule has 0 saturated heterocycles. The van der Waals surface area contributed by atoms with Crippen LogP contribution in [0.3, 0.4) is 0 Å². The minimum Gasteiger partial charge on any atom is -0.481 e. The number of fused-ring (bicyclic) bond motifs is 3. The van der Waals surface area contributed by atoms with Crippen LogP contribution in [0, 0.1) is 5.92 Å². The van der Waals surface area contributed by atoms with Gasteiger partial charge in [-0.25, -0.2) is 4.79 Å². The van der Waals surface area contributed by atoms with Gasteiger partial charge in [0, 0.05) is 18.4 Å². The number of amides is 2. The number of hydrogen-bond acceptors (Lipinski definition) is 4. The van der Waals surface area contributed by atoms with E-state index in [4.69, 9.17) is 9.84 Å². The number of benzene rings is 2. The van der Waals surface area contributed by atoms with E-state index in [-0.39, 0.29) is 36.8 Å². The van der Waals surface area contributed by atoms with Gasteiger partial charge in [-0.15, -0.1) is 0 Å². The number of aliphatic carboxylic acids is 1. The van der Waals surface area contributed by atoms with Crippen LogP contribution in [0.2, 0.25) is 0 Å². The van der Waals surface area contributed by atoms with E-state index in [2.05, 4.69) is 34.9 Å². The third kappa shape index (κ3) is 4.61. The molecule has 0 heterocycles. The molecule has 1 atom stereocenters. The molecular formula is C25H28N2O5. The number of carboxylic acids is 1. The highest BCUT2D eigenvalue weighted by Gasteiger charge is 2.34. The summed E-state index contributed by atoms with van der Waals surface area (Å²) in [6, 6.07) is 15.5. The molecule has 3 N–H and O–H groups in total. The normalized spacial score (nSPS) is 19.8. The van der Waals surface area contributed by atoms with Crippen LogP contribution >= 0.6 is 0 Å². The van der Waals surface area contributed by atoms with E-state index < -0.39 is 18.1 Å². The van der Waals surface area contributed by atoms with Gasteiger partial charge in [0.1, 0.15) is 12.6 Å². The van der Waals surface area contributed by atoms with Gasteiger partial charge in [0.05, 0.1) is 0 Å². The van der Waals surface area contributed by atoms with Crippen LogP contribution in [-0.4, -0.2) is 41.8 Å². The minimum absolute atomic E-state index is 0.0368. The van der Waals surface area contributed by atoms with Crippen molar-refractivity contribution in [1.82, 2.24) is 10.6 Å². The van der Waals surface area contributed by atoms with Crippen LogP contribution in [0.1, 0.15) is 49.7 Å². The lowest BCUT2D eigenvalue weighted by atomic mass is 9.78. The lowest BCUT2D eigenvalue weighted by Gasteiger charge is -2.35. The highest BCUT2D eigenvalue weighted by molar-refractivity contribution is 5.86. The highest BCUT2D eigenvalue weighted by Crippen LogP contribution is 2.44. The van der Waals surface area contributed by atoms with Crippen LogP contribution in [-0.2, 0) is 14.3 Å². The zero-order valence-electron chi connectivity index (χ0n) is 18.0. The fourth-order valence-electron chi connectivity index (χ4n) is 4.70. The number of carbonyl (C=O) groups is 3. The number of nitrogens with one attached hydrogen (secondary N) is 2. The molecule has 0 unspecified atom stereocenters. The Labute approximate surface area is 187 Å². The first-order valence-electron chi connectivity index (χ1n) is 11.1. The maximum atomic E-state index is 12.5. The van der Waals surface area contributed by atoms with Gasteiger partial charge in [0.25, 0.3) is 0 Å². The topological polar surface area (TPSA) is 105 Å². The summed E-state index contributed by atoms with van der Waals surface area (Å²) in [7, 11) is 0. The first-order chi connectivity index (χ1) is 15.5. The average Bonchev–Trinajstić information content (AvgIpc) is 3.08. The highest BCUT2D eigenvalue weighted by atomic mass is 16.5. The second-order valence-corrected chi connectivity index (χ2v) is 8.57. The van der Waals surface area contributed by atoms with Crippen molar-refractivity contribution >= 4 is 18.0 Å². The van der Waals surface area contributed by atoms with Gasteiger partial charge in [-0.3, -0.25) is 9.59 Å². The standard InChI is InChI=1S/C25H28N2O5/c1-2-22(24(30)26-16-11-15(12-16)13-23(28)29)27-25(31)32-14-21-19-9-5-3-7-17(19)18-8-4-6-10-20(18)21/h3-10,15-16,21-22H,2,11-14H2,1H3,(H,26,30)(H,27,31)(H,28,29)/t15?,16?,22-/m1/s1. The first-order valence-corrected chi connectivity index (χ1v) is 11.1. The summed E-state index contributed by atoms with van der Waals surface area (Å²) in [5.74, 6) is -1.01. The van der Waals surface area contributed by atoms with Crippen molar-refractivity contribution in [2.24, 2.45) is 5.92 Å². The molecule has 2 aromatic carbocycles. The van der Waals surface area contributed by atoms with Gasteiger partial charge < -0.3 is 20.5 Å². The van der Waals surface area contributed by atoms with Crippen molar-refractivity contribution in [3.05, 3.63) is 59.7 Å². The maximum Gasteiger partial charge on any atom is 0.407 e. The Morgan fingerprint density at radius 2 is 1.62 bits per heavy atom. The van der Waals surface area contributed by atoms with Crippen molar-refractivity contribution in [3.8, 4) is 11.1 Å². The molecule has 0 radical (unpaired) electrons. The fraction of sp³-hybridized carbons (Fsp3) is 0.400. The molecule has 0 aliphatic heterocycles. The molecule has 168 valence electrons. The van der Waals surface area contributed by atoms with Crippen LogP contribution in [0.4, 0.5) is 4.79 Å². The molecular weight excluding hydrogens is 408 g/mol. The summed E-state index contributed by atoms with van der Waals surface area (Å²) < 4.78 is 5.53. The molecule has 0 bridgehead atoms. The van der Waals surface area contributed by atoms with Gasteiger partial charge in [0.15, 0.2) is 0 Å². The minimum atomic E-state index is -0.817. The number of rotatable bonds is 8. The summed E-state index contributed by atoms with van der Waals surface area (Å²) in [6.45, 7) is 2.01. The molecule has 2 aliphatic rings. The van der Waals surface area contributed by atoms with Crippen molar-refractivity contribution in [3.63, 3.8) is 0 Å². The predicted octanol–water partition coefficient (Wildman–Crippen LogP) is 3.67. The lowest BCUT2D eigenvalue weighted by molar-refractivity contribution is -0.139. The number of hydrogen-bond donors (Lipinski definition) is 3. The van der Waals surface area contributed by atoms with Gasteiger partial charge >= 0.3 is 12.1 Å². The maximum absolute atomic E-state index is 12.5. The lowest BCUT2D eigenvalue weighted by Crippen LogP contribution is -2.52. The summed E-state index contributed by atoms with van der Waals surface area (Å²) in [5.41, 5.74) is 4.58. The van der Waals surface area contributed by atoms with Gasteiger partial charge in [-0.2, -0.15) is 0 Å². The Kier molecular flexibility index (Phi) is 6.44. The number of alkyl carbamates (subject to hydrolysis) is 1. The molecule has 2 amide bonds. The molecule has 2 aliphatic carbocycles. The average molecular weight is 437 g/mol. The summed E-state index contributed by atoms with van der Waals surface area (Å²) >= 11 is 0. The number of carboxylic acid groups (broad SMARTS) is 1. The second-order valence-electron chi connectivity index (χ2n) is 8.57. The molecule has 1 fully saturated rings. The third-order valence-corrected chi connectivity index (χ3v) is 6.41. The van der Waals surface area contributed by atoms with Gasteiger partial charge in [-0.05, 0) is 47.4 Å². The van der Waals surface area contributed by atoms with E-state index >= 15 is 0 Å². The molecule has 7 nitrogen and oxygen atoms in total. The largest absolute Gasteiger partial charge is 0.481 e. The monoisotopic (exact) mass is 436 g/mol. The van der Waals surface area contributed by atoms with E-state index in [1.807, 2.05) is 31.2 Å².